The minimum atomic E-state index is 0.725. The van der Waals surface area contributed by atoms with Crippen LogP contribution in [0.2, 0.25) is 0 Å². The summed E-state index contributed by atoms with van der Waals surface area (Å²) in [6.45, 7) is 2.05. The molecule has 0 spiro atoms. The average molecular weight is 357 g/mol. The second kappa shape index (κ2) is 5.14. The molecule has 0 bridgehead atoms. The van der Waals surface area contributed by atoms with Crippen LogP contribution in [0.25, 0.3) is 11.4 Å². The van der Waals surface area contributed by atoms with Gasteiger partial charge in [-0.3, -0.25) is 0 Å². The zero-order valence-electron chi connectivity index (χ0n) is 9.46. The molecule has 0 atom stereocenters. The summed E-state index contributed by atoms with van der Waals surface area (Å²) in [6.07, 6.45) is 1.76. The summed E-state index contributed by atoms with van der Waals surface area (Å²) in [5.74, 6) is 1.51. The summed E-state index contributed by atoms with van der Waals surface area (Å²) in [5, 5.41) is 3.03. The van der Waals surface area contributed by atoms with E-state index < -0.39 is 0 Å². The lowest BCUT2D eigenvalue weighted by Crippen LogP contribution is -1.98. The number of benzene rings is 1. The van der Waals surface area contributed by atoms with Gasteiger partial charge < -0.3 is 5.32 Å². The predicted molar refractivity (Wildman–Crippen MR) is 77.2 cm³/mol. The maximum Gasteiger partial charge on any atom is 0.161 e. The number of hydrogen-bond acceptors (Lipinski definition) is 3. The second-order valence-corrected chi connectivity index (χ2v) is 5.37. The number of rotatable bonds is 2. The fraction of sp³-hybridized carbons (Fsp3) is 0.167. The maximum absolute atomic E-state index is 4.47. The molecule has 0 unspecified atom stereocenters. The Kier molecular flexibility index (Phi) is 3.79. The van der Waals surface area contributed by atoms with E-state index in [0.717, 1.165) is 31.7 Å². The van der Waals surface area contributed by atoms with Crippen molar-refractivity contribution in [2.75, 3.05) is 12.4 Å². The van der Waals surface area contributed by atoms with Crippen molar-refractivity contribution in [2.45, 2.75) is 6.92 Å². The van der Waals surface area contributed by atoms with E-state index in [1.165, 1.54) is 0 Å². The Morgan fingerprint density at radius 1 is 1.24 bits per heavy atom. The highest BCUT2D eigenvalue weighted by Crippen LogP contribution is 2.26. The van der Waals surface area contributed by atoms with E-state index in [9.17, 15) is 0 Å². The third kappa shape index (κ3) is 2.66. The van der Waals surface area contributed by atoms with Gasteiger partial charge in [-0.2, -0.15) is 0 Å². The van der Waals surface area contributed by atoms with Crippen molar-refractivity contribution in [3.05, 3.63) is 38.9 Å². The minimum absolute atomic E-state index is 0.725. The highest BCUT2D eigenvalue weighted by atomic mass is 79.9. The quantitative estimate of drug-likeness (QED) is 0.883. The zero-order valence-corrected chi connectivity index (χ0v) is 12.6. The van der Waals surface area contributed by atoms with E-state index in [4.69, 9.17) is 0 Å². The van der Waals surface area contributed by atoms with Crippen LogP contribution in [0.5, 0.6) is 0 Å². The third-order valence-electron chi connectivity index (χ3n) is 2.41. The van der Waals surface area contributed by atoms with Gasteiger partial charge in [0.25, 0.3) is 0 Å². The Hall–Kier alpha value is -0.940. The lowest BCUT2D eigenvalue weighted by atomic mass is 10.1. The predicted octanol–water partition coefficient (Wildman–Crippen LogP) is 4.02. The molecule has 0 aliphatic rings. The summed E-state index contributed by atoms with van der Waals surface area (Å²) in [5.41, 5.74) is 2.18. The lowest BCUT2D eigenvalue weighted by molar-refractivity contribution is 1.14. The van der Waals surface area contributed by atoms with Crippen LogP contribution in [0, 0.1) is 6.92 Å². The monoisotopic (exact) mass is 355 g/mol. The van der Waals surface area contributed by atoms with Crippen molar-refractivity contribution in [1.29, 1.82) is 0 Å². The number of aryl methyl sites for hydroxylation is 1. The number of nitrogens with one attached hydrogen (secondary N) is 1. The first kappa shape index (κ1) is 12.5. The summed E-state index contributed by atoms with van der Waals surface area (Å²) in [6, 6.07) is 6.06. The Labute approximate surface area is 117 Å². The third-order valence-corrected chi connectivity index (χ3v) is 3.48. The van der Waals surface area contributed by atoms with Gasteiger partial charge in [-0.15, -0.1) is 0 Å². The molecule has 0 radical (unpaired) electrons. The molecular weight excluding hydrogens is 346 g/mol. The van der Waals surface area contributed by atoms with Gasteiger partial charge in [0.05, 0.1) is 4.47 Å². The van der Waals surface area contributed by atoms with Crippen molar-refractivity contribution in [3.63, 3.8) is 0 Å². The number of halogens is 2. The van der Waals surface area contributed by atoms with Gasteiger partial charge >= 0.3 is 0 Å². The minimum Gasteiger partial charge on any atom is -0.372 e. The maximum atomic E-state index is 4.47. The van der Waals surface area contributed by atoms with Crippen LogP contribution in [0.15, 0.2) is 33.3 Å². The average Bonchev–Trinajstić information content (AvgIpc) is 2.30. The molecular formula is C12H11Br2N3. The first-order valence-corrected chi connectivity index (χ1v) is 6.67. The van der Waals surface area contributed by atoms with Crippen LogP contribution in [0.1, 0.15) is 5.56 Å². The van der Waals surface area contributed by atoms with Crippen LogP contribution in [0.4, 0.5) is 5.82 Å². The van der Waals surface area contributed by atoms with E-state index in [1.807, 2.05) is 26.1 Å². The summed E-state index contributed by atoms with van der Waals surface area (Å²) in [4.78, 5) is 8.80. The van der Waals surface area contributed by atoms with E-state index in [0.29, 0.717) is 0 Å². The van der Waals surface area contributed by atoms with Gasteiger partial charge in [-0.25, -0.2) is 9.97 Å². The molecule has 5 heteroatoms. The normalized spacial score (nSPS) is 10.4. The van der Waals surface area contributed by atoms with Crippen LogP contribution in [-0.2, 0) is 0 Å². The molecule has 0 aliphatic heterocycles. The summed E-state index contributed by atoms with van der Waals surface area (Å²) in [7, 11) is 1.84. The van der Waals surface area contributed by atoms with Gasteiger partial charge in [0.1, 0.15) is 5.82 Å². The van der Waals surface area contributed by atoms with Crippen LogP contribution in [0.3, 0.4) is 0 Å². The molecule has 2 aromatic rings. The van der Waals surface area contributed by atoms with Gasteiger partial charge in [0.15, 0.2) is 5.82 Å². The number of hydrogen-bond donors (Lipinski definition) is 1. The van der Waals surface area contributed by atoms with Crippen LogP contribution >= 0.6 is 31.9 Å². The SMILES string of the molecule is CNc1nc(-c2ccc(Br)cc2C)ncc1Br. The van der Waals surface area contributed by atoms with Crippen molar-refractivity contribution < 1.29 is 0 Å². The molecule has 17 heavy (non-hydrogen) atoms. The highest BCUT2D eigenvalue weighted by molar-refractivity contribution is 9.10. The molecule has 0 fully saturated rings. The Morgan fingerprint density at radius 3 is 2.65 bits per heavy atom. The standard InChI is InChI=1S/C12H11Br2N3/c1-7-5-8(13)3-4-9(7)11-16-6-10(14)12(15-2)17-11/h3-6H,1-2H3,(H,15,16,17). The van der Waals surface area contributed by atoms with Gasteiger partial charge in [0.2, 0.25) is 0 Å². The van der Waals surface area contributed by atoms with Crippen molar-refractivity contribution in [2.24, 2.45) is 0 Å². The van der Waals surface area contributed by atoms with Crippen molar-refractivity contribution in [1.82, 2.24) is 9.97 Å². The molecule has 88 valence electrons. The molecule has 0 amide bonds. The van der Waals surface area contributed by atoms with Crippen LogP contribution in [-0.4, -0.2) is 17.0 Å². The molecule has 0 aliphatic carbocycles. The molecule has 0 saturated carbocycles. The number of anilines is 1. The molecule has 1 N–H and O–H groups in total. The van der Waals surface area contributed by atoms with Gasteiger partial charge in [-0.05, 0) is 46.6 Å². The van der Waals surface area contributed by atoms with E-state index in [1.54, 1.807) is 6.20 Å². The molecule has 3 nitrogen and oxygen atoms in total. The fourth-order valence-corrected chi connectivity index (χ4v) is 2.42. The topological polar surface area (TPSA) is 37.8 Å². The first-order chi connectivity index (χ1) is 8.11. The van der Waals surface area contributed by atoms with Gasteiger partial charge in [0, 0.05) is 23.3 Å². The van der Waals surface area contributed by atoms with Gasteiger partial charge in [-0.1, -0.05) is 15.9 Å². The molecule has 1 aromatic heterocycles. The highest BCUT2D eigenvalue weighted by Gasteiger charge is 2.08. The molecule has 1 aromatic carbocycles. The van der Waals surface area contributed by atoms with Crippen LogP contribution < -0.4 is 5.32 Å². The Balaban J connectivity index is 2.53. The zero-order chi connectivity index (χ0) is 12.4. The second-order valence-electron chi connectivity index (χ2n) is 3.60. The Bertz CT molecular complexity index is 555. The smallest absolute Gasteiger partial charge is 0.161 e. The molecule has 0 saturated heterocycles. The lowest BCUT2D eigenvalue weighted by Gasteiger charge is -2.08. The summed E-state index contributed by atoms with van der Waals surface area (Å²) < 4.78 is 1.92. The first-order valence-electron chi connectivity index (χ1n) is 5.08. The van der Waals surface area contributed by atoms with Crippen molar-refractivity contribution in [3.8, 4) is 11.4 Å². The van der Waals surface area contributed by atoms with Crippen molar-refractivity contribution >= 4 is 37.7 Å². The Morgan fingerprint density at radius 2 is 2.00 bits per heavy atom. The van der Waals surface area contributed by atoms with E-state index >= 15 is 0 Å². The molecule has 1 heterocycles. The molecule has 2 rings (SSSR count). The fourth-order valence-electron chi connectivity index (χ4n) is 1.55. The largest absolute Gasteiger partial charge is 0.372 e. The summed E-state index contributed by atoms with van der Waals surface area (Å²) >= 11 is 6.85. The van der Waals surface area contributed by atoms with E-state index in [-0.39, 0.29) is 0 Å². The van der Waals surface area contributed by atoms with E-state index in [2.05, 4.69) is 53.2 Å². The number of nitrogens with zero attached hydrogens (tertiary/aromatic N) is 2. The number of aromatic nitrogens is 2.